The third-order valence-corrected chi connectivity index (χ3v) is 2.84. The van der Waals surface area contributed by atoms with Gasteiger partial charge in [0.2, 0.25) is 0 Å². The summed E-state index contributed by atoms with van der Waals surface area (Å²) in [7, 11) is 0. The lowest BCUT2D eigenvalue weighted by Crippen LogP contribution is -1.83. The molecule has 1 aromatic carbocycles. The summed E-state index contributed by atoms with van der Waals surface area (Å²) >= 11 is 3.38. The van der Waals surface area contributed by atoms with E-state index in [0.29, 0.717) is 5.92 Å². The number of rotatable bonds is 2. The largest absolute Gasteiger partial charge is 0.303 e. The highest BCUT2D eigenvalue weighted by Gasteiger charge is 2.37. The van der Waals surface area contributed by atoms with Crippen molar-refractivity contribution in [2.24, 2.45) is 5.92 Å². The van der Waals surface area contributed by atoms with Crippen molar-refractivity contribution in [3.05, 3.63) is 34.3 Å². The van der Waals surface area contributed by atoms with Gasteiger partial charge in [-0.3, -0.25) is 0 Å². The number of benzene rings is 1. The van der Waals surface area contributed by atoms with Crippen LogP contribution < -0.4 is 0 Å². The molecule has 0 N–H and O–H groups in total. The minimum Gasteiger partial charge on any atom is -0.303 e. The van der Waals surface area contributed by atoms with Crippen LogP contribution in [0, 0.1) is 5.92 Å². The molecule has 1 saturated carbocycles. The van der Waals surface area contributed by atoms with E-state index in [1.54, 1.807) is 0 Å². The molecule has 2 unspecified atom stereocenters. The van der Waals surface area contributed by atoms with Crippen LogP contribution in [0.4, 0.5) is 0 Å². The maximum absolute atomic E-state index is 10.4. The average molecular weight is 225 g/mol. The van der Waals surface area contributed by atoms with Gasteiger partial charge in [0.05, 0.1) is 0 Å². The number of hydrogen-bond donors (Lipinski definition) is 0. The first-order chi connectivity index (χ1) is 5.81. The highest BCUT2D eigenvalue weighted by Crippen LogP contribution is 2.45. The summed E-state index contributed by atoms with van der Waals surface area (Å²) in [4.78, 5) is 10.4. The van der Waals surface area contributed by atoms with Crippen LogP contribution in [-0.2, 0) is 4.79 Å². The van der Waals surface area contributed by atoms with Crippen molar-refractivity contribution < 1.29 is 4.79 Å². The van der Waals surface area contributed by atoms with Gasteiger partial charge in [0.25, 0.3) is 0 Å². The van der Waals surface area contributed by atoms with Crippen molar-refractivity contribution in [2.75, 3.05) is 0 Å². The molecule has 0 spiro atoms. The molecule has 2 heteroatoms. The SMILES string of the molecule is O=CC1CC1c1ccc(Br)cc1. The molecule has 2 atom stereocenters. The van der Waals surface area contributed by atoms with Crippen LogP contribution >= 0.6 is 15.9 Å². The molecule has 0 aliphatic heterocycles. The number of hydrogen-bond acceptors (Lipinski definition) is 1. The van der Waals surface area contributed by atoms with Gasteiger partial charge in [-0.25, -0.2) is 0 Å². The van der Waals surface area contributed by atoms with Crippen LogP contribution in [-0.4, -0.2) is 6.29 Å². The standard InChI is InChI=1S/C10H9BrO/c11-9-3-1-7(2-4-9)10-5-8(10)6-12/h1-4,6,8,10H,5H2. The molecular formula is C10H9BrO. The lowest BCUT2D eigenvalue weighted by Gasteiger charge is -1.96. The maximum atomic E-state index is 10.4. The Morgan fingerprint density at radius 1 is 1.33 bits per heavy atom. The maximum Gasteiger partial charge on any atom is 0.123 e. The zero-order valence-electron chi connectivity index (χ0n) is 6.53. The molecule has 62 valence electrons. The predicted octanol–water partition coefficient (Wildman–Crippen LogP) is 2.75. The van der Waals surface area contributed by atoms with E-state index < -0.39 is 0 Å². The Bertz CT molecular complexity index is 291. The molecule has 1 aliphatic rings. The summed E-state index contributed by atoms with van der Waals surface area (Å²) in [5.74, 6) is 0.779. The molecule has 1 aliphatic carbocycles. The van der Waals surface area contributed by atoms with Crippen molar-refractivity contribution in [1.29, 1.82) is 0 Å². The fourth-order valence-electron chi connectivity index (χ4n) is 1.46. The number of aldehydes is 1. The molecule has 1 nitrogen and oxygen atoms in total. The molecule has 0 aromatic heterocycles. The Hall–Kier alpha value is -0.630. The second-order valence-corrected chi connectivity index (χ2v) is 4.11. The molecule has 1 fully saturated rings. The van der Waals surface area contributed by atoms with Crippen molar-refractivity contribution >= 4 is 22.2 Å². The normalized spacial score (nSPS) is 26.8. The first kappa shape index (κ1) is 7.99. The molecule has 0 bridgehead atoms. The van der Waals surface area contributed by atoms with Crippen molar-refractivity contribution in [1.82, 2.24) is 0 Å². The quantitative estimate of drug-likeness (QED) is 0.707. The van der Waals surface area contributed by atoms with Crippen LogP contribution in [0.25, 0.3) is 0 Å². The Kier molecular flexibility index (Phi) is 2.01. The van der Waals surface area contributed by atoms with E-state index in [0.717, 1.165) is 17.2 Å². The number of halogens is 1. The molecule has 1 aromatic rings. The summed E-state index contributed by atoms with van der Waals surface area (Å²) in [6.07, 6.45) is 2.10. The zero-order chi connectivity index (χ0) is 8.55. The monoisotopic (exact) mass is 224 g/mol. The van der Waals surface area contributed by atoms with Gasteiger partial charge in [-0.2, -0.15) is 0 Å². The predicted molar refractivity (Wildman–Crippen MR) is 51.1 cm³/mol. The summed E-state index contributed by atoms with van der Waals surface area (Å²) in [6.45, 7) is 0. The van der Waals surface area contributed by atoms with Gasteiger partial charge in [-0.1, -0.05) is 28.1 Å². The van der Waals surface area contributed by atoms with Crippen LogP contribution in [0.15, 0.2) is 28.7 Å². The number of carbonyl (C=O) groups is 1. The molecule has 0 saturated heterocycles. The lowest BCUT2D eigenvalue weighted by molar-refractivity contribution is -0.108. The van der Waals surface area contributed by atoms with Gasteiger partial charge in [-0.05, 0) is 30.0 Å². The van der Waals surface area contributed by atoms with E-state index in [9.17, 15) is 4.79 Å². The van der Waals surface area contributed by atoms with Crippen LogP contribution in [0.5, 0.6) is 0 Å². The first-order valence-corrected chi connectivity index (χ1v) is 4.81. The van der Waals surface area contributed by atoms with Gasteiger partial charge in [0, 0.05) is 10.4 Å². The van der Waals surface area contributed by atoms with Crippen molar-refractivity contribution in [3.63, 3.8) is 0 Å². The van der Waals surface area contributed by atoms with Crippen LogP contribution in [0.1, 0.15) is 17.9 Å². The Morgan fingerprint density at radius 2 is 2.00 bits per heavy atom. The van der Waals surface area contributed by atoms with E-state index in [-0.39, 0.29) is 5.92 Å². The van der Waals surface area contributed by atoms with E-state index in [2.05, 4.69) is 28.1 Å². The highest BCUT2D eigenvalue weighted by molar-refractivity contribution is 9.10. The van der Waals surface area contributed by atoms with Gasteiger partial charge >= 0.3 is 0 Å². The van der Waals surface area contributed by atoms with Crippen molar-refractivity contribution in [3.8, 4) is 0 Å². The summed E-state index contributed by atoms with van der Waals surface area (Å²) in [6, 6.07) is 8.21. The summed E-state index contributed by atoms with van der Waals surface area (Å²) in [5, 5.41) is 0. The van der Waals surface area contributed by atoms with Gasteiger partial charge < -0.3 is 4.79 Å². The Balaban J connectivity index is 2.15. The molecule has 12 heavy (non-hydrogen) atoms. The van der Waals surface area contributed by atoms with Crippen molar-refractivity contribution in [2.45, 2.75) is 12.3 Å². The van der Waals surface area contributed by atoms with E-state index in [1.807, 2.05) is 12.1 Å². The fraction of sp³-hybridized carbons (Fsp3) is 0.300. The van der Waals surface area contributed by atoms with Crippen LogP contribution in [0.2, 0.25) is 0 Å². The minimum absolute atomic E-state index is 0.283. The lowest BCUT2D eigenvalue weighted by atomic mass is 10.1. The molecular weight excluding hydrogens is 216 g/mol. The van der Waals surface area contributed by atoms with Gasteiger partial charge in [-0.15, -0.1) is 0 Å². The molecule has 0 amide bonds. The second-order valence-electron chi connectivity index (χ2n) is 3.19. The first-order valence-electron chi connectivity index (χ1n) is 4.02. The minimum atomic E-state index is 0.283. The van der Waals surface area contributed by atoms with Crippen LogP contribution in [0.3, 0.4) is 0 Å². The molecule has 2 rings (SSSR count). The fourth-order valence-corrected chi connectivity index (χ4v) is 1.72. The smallest absolute Gasteiger partial charge is 0.123 e. The summed E-state index contributed by atoms with van der Waals surface area (Å²) < 4.78 is 1.09. The third-order valence-electron chi connectivity index (χ3n) is 2.31. The average Bonchev–Trinajstić information content (AvgIpc) is 2.85. The Morgan fingerprint density at radius 3 is 2.50 bits per heavy atom. The third kappa shape index (κ3) is 1.44. The Labute approximate surface area is 79.9 Å². The second kappa shape index (κ2) is 3.02. The highest BCUT2D eigenvalue weighted by atomic mass is 79.9. The van der Waals surface area contributed by atoms with E-state index >= 15 is 0 Å². The van der Waals surface area contributed by atoms with Gasteiger partial charge in [0.15, 0.2) is 0 Å². The number of carbonyl (C=O) groups excluding carboxylic acids is 1. The molecule has 0 heterocycles. The summed E-state index contributed by atoms with van der Waals surface area (Å²) in [5.41, 5.74) is 1.29. The topological polar surface area (TPSA) is 17.1 Å². The molecule has 0 radical (unpaired) electrons. The van der Waals surface area contributed by atoms with E-state index in [4.69, 9.17) is 0 Å². The van der Waals surface area contributed by atoms with Gasteiger partial charge in [0.1, 0.15) is 6.29 Å². The zero-order valence-corrected chi connectivity index (χ0v) is 8.12. The van der Waals surface area contributed by atoms with E-state index in [1.165, 1.54) is 5.56 Å².